The third-order valence-corrected chi connectivity index (χ3v) is 7.15. The van der Waals surface area contributed by atoms with Gasteiger partial charge in [0.25, 0.3) is 0 Å². The van der Waals surface area contributed by atoms with E-state index in [1.807, 2.05) is 0 Å². The number of hydrogen-bond acceptors (Lipinski definition) is 3. The second-order valence-electron chi connectivity index (χ2n) is 7.39. The van der Waals surface area contributed by atoms with Crippen molar-refractivity contribution in [2.75, 3.05) is 7.11 Å². The Balaban J connectivity index is 2.07. The maximum absolute atomic E-state index is 11.8. The van der Waals surface area contributed by atoms with Gasteiger partial charge in [0.2, 0.25) is 0 Å². The normalized spacial score (nSPS) is 47.0. The molecule has 0 aromatic rings. The molecule has 3 heteroatoms. The predicted molar refractivity (Wildman–Crippen MR) is 86.1 cm³/mol. The summed E-state index contributed by atoms with van der Waals surface area (Å²) in [7, 11) is 1.44. The molecule has 4 unspecified atom stereocenters. The van der Waals surface area contributed by atoms with Crippen molar-refractivity contribution in [3.05, 3.63) is 11.8 Å². The highest BCUT2D eigenvalue weighted by Gasteiger charge is 2.78. The van der Waals surface area contributed by atoms with Gasteiger partial charge in [-0.15, -0.1) is 0 Å². The van der Waals surface area contributed by atoms with Gasteiger partial charge in [0.05, 0.1) is 13.2 Å². The first kappa shape index (κ1) is 15.9. The molecular weight excluding hydrogens is 276 g/mol. The molecule has 0 bridgehead atoms. The average Bonchev–Trinajstić information content (AvgIpc) is 2.90. The summed E-state index contributed by atoms with van der Waals surface area (Å²) in [4.78, 5) is 11.8. The molecule has 0 aromatic heterocycles. The van der Waals surface area contributed by atoms with Crippen LogP contribution in [-0.4, -0.2) is 18.7 Å². The molecule has 0 spiro atoms. The summed E-state index contributed by atoms with van der Waals surface area (Å²) in [6.07, 6.45) is 7.33. The molecule has 3 aliphatic rings. The molecule has 1 aliphatic heterocycles. The van der Waals surface area contributed by atoms with E-state index in [-0.39, 0.29) is 17.0 Å². The maximum atomic E-state index is 11.8. The summed E-state index contributed by atoms with van der Waals surface area (Å²) in [5, 5.41) is 0. The second-order valence-corrected chi connectivity index (χ2v) is 7.39. The van der Waals surface area contributed by atoms with Crippen molar-refractivity contribution in [3.8, 4) is 0 Å². The molecule has 3 fully saturated rings. The van der Waals surface area contributed by atoms with Crippen LogP contribution in [0.4, 0.5) is 0 Å². The molecule has 2 aliphatic carbocycles. The van der Waals surface area contributed by atoms with E-state index in [1.165, 1.54) is 20.0 Å². The van der Waals surface area contributed by atoms with Gasteiger partial charge in [-0.2, -0.15) is 0 Å². The Morgan fingerprint density at radius 1 is 1.27 bits per heavy atom. The van der Waals surface area contributed by atoms with Crippen LogP contribution < -0.4 is 0 Å². The Morgan fingerprint density at radius 2 is 2.00 bits per heavy atom. The van der Waals surface area contributed by atoms with Crippen molar-refractivity contribution in [1.29, 1.82) is 0 Å². The van der Waals surface area contributed by atoms with Crippen molar-refractivity contribution in [3.63, 3.8) is 0 Å². The van der Waals surface area contributed by atoms with Gasteiger partial charge >= 0.3 is 5.97 Å². The van der Waals surface area contributed by atoms with Gasteiger partial charge in [-0.05, 0) is 37.0 Å². The SMILES string of the molecule is CCC1C[C@@]2(CC)O/C(=C\C(=O)OC)[C@@]3(CC)C(CC)C1C23. The van der Waals surface area contributed by atoms with Gasteiger partial charge in [-0.1, -0.05) is 40.5 Å². The van der Waals surface area contributed by atoms with Crippen LogP contribution in [0.5, 0.6) is 0 Å². The summed E-state index contributed by atoms with van der Waals surface area (Å²) >= 11 is 0. The van der Waals surface area contributed by atoms with E-state index in [4.69, 9.17) is 9.47 Å². The zero-order valence-corrected chi connectivity index (χ0v) is 14.6. The number of allylic oxidation sites excluding steroid dienone is 1. The van der Waals surface area contributed by atoms with Crippen LogP contribution in [0.3, 0.4) is 0 Å². The highest BCUT2D eigenvalue weighted by atomic mass is 16.5. The summed E-state index contributed by atoms with van der Waals surface area (Å²) in [5.74, 6) is 3.46. The molecule has 3 nitrogen and oxygen atoms in total. The first-order valence-electron chi connectivity index (χ1n) is 9.03. The van der Waals surface area contributed by atoms with Crippen molar-refractivity contribution < 1.29 is 14.3 Å². The number of carbonyl (C=O) groups excluding carboxylic acids is 1. The summed E-state index contributed by atoms with van der Waals surface area (Å²) in [6, 6.07) is 0. The number of methoxy groups -OCH3 is 1. The highest BCUT2D eigenvalue weighted by molar-refractivity contribution is 5.82. The van der Waals surface area contributed by atoms with E-state index >= 15 is 0 Å². The van der Waals surface area contributed by atoms with Gasteiger partial charge < -0.3 is 9.47 Å². The number of hydrogen-bond donors (Lipinski definition) is 0. The van der Waals surface area contributed by atoms with Crippen LogP contribution in [0.25, 0.3) is 0 Å². The minimum absolute atomic E-state index is 0.0348. The maximum Gasteiger partial charge on any atom is 0.333 e. The molecule has 2 saturated carbocycles. The molecule has 0 radical (unpaired) electrons. The number of rotatable bonds is 5. The van der Waals surface area contributed by atoms with E-state index < -0.39 is 0 Å². The lowest BCUT2D eigenvalue weighted by atomic mass is 9.43. The zero-order chi connectivity index (χ0) is 16.1. The standard InChI is InChI=1S/C19H30O3/c1-6-12-11-18(8-3)17-16(12)13(7-2)19(17,9-4)14(22-18)10-15(20)21-5/h10,12-13,16-17H,6-9,11H2,1-5H3/b14-10-/t12?,13?,16?,17?,18-,19-/m1/s1. The second kappa shape index (κ2) is 5.28. The third-order valence-electron chi connectivity index (χ3n) is 7.15. The molecule has 3 rings (SSSR count). The van der Waals surface area contributed by atoms with Crippen molar-refractivity contribution >= 4 is 5.97 Å². The molecule has 22 heavy (non-hydrogen) atoms. The first-order chi connectivity index (χ1) is 10.5. The van der Waals surface area contributed by atoms with Gasteiger partial charge in [0.1, 0.15) is 11.4 Å². The molecule has 1 saturated heterocycles. The summed E-state index contributed by atoms with van der Waals surface area (Å²) in [6.45, 7) is 9.12. The molecule has 124 valence electrons. The van der Waals surface area contributed by atoms with Crippen molar-refractivity contribution in [2.45, 2.75) is 65.4 Å². The Kier molecular flexibility index (Phi) is 3.81. The molecule has 6 atom stereocenters. The lowest BCUT2D eigenvalue weighted by Crippen LogP contribution is -2.57. The van der Waals surface area contributed by atoms with Crippen molar-refractivity contribution in [1.82, 2.24) is 0 Å². The van der Waals surface area contributed by atoms with Crippen LogP contribution >= 0.6 is 0 Å². The minimum atomic E-state index is -0.278. The van der Waals surface area contributed by atoms with Gasteiger partial charge in [-0.25, -0.2) is 4.79 Å². The van der Waals surface area contributed by atoms with Crippen molar-refractivity contribution in [2.24, 2.45) is 29.1 Å². The largest absolute Gasteiger partial charge is 0.490 e. The van der Waals surface area contributed by atoms with E-state index in [2.05, 4.69) is 27.7 Å². The van der Waals surface area contributed by atoms with Gasteiger partial charge in [0, 0.05) is 11.3 Å². The monoisotopic (exact) mass is 306 g/mol. The van der Waals surface area contributed by atoms with Crippen LogP contribution in [0.15, 0.2) is 11.8 Å². The van der Waals surface area contributed by atoms with E-state index in [9.17, 15) is 4.79 Å². The Labute approximate surface area is 134 Å². The van der Waals surface area contributed by atoms with Crippen LogP contribution in [0, 0.1) is 29.1 Å². The Hall–Kier alpha value is -0.990. The summed E-state index contributed by atoms with van der Waals surface area (Å²) < 4.78 is 11.4. The number of esters is 1. The minimum Gasteiger partial charge on any atom is -0.490 e. The predicted octanol–water partition coefficient (Wildman–Crippen LogP) is 4.32. The quantitative estimate of drug-likeness (QED) is 0.560. The topological polar surface area (TPSA) is 35.5 Å². The molecular formula is C19H30O3. The van der Waals surface area contributed by atoms with E-state index in [1.54, 1.807) is 6.08 Å². The van der Waals surface area contributed by atoms with Crippen LogP contribution in [0.1, 0.15) is 59.8 Å². The Morgan fingerprint density at radius 3 is 2.50 bits per heavy atom. The highest BCUT2D eigenvalue weighted by Crippen LogP contribution is 2.78. The lowest BCUT2D eigenvalue weighted by molar-refractivity contribution is -0.135. The molecule has 1 heterocycles. The van der Waals surface area contributed by atoms with Gasteiger partial charge in [0.15, 0.2) is 0 Å². The fourth-order valence-electron chi connectivity index (χ4n) is 6.39. The Bertz CT molecular complexity index is 497. The molecule has 0 N–H and O–H groups in total. The lowest BCUT2D eigenvalue weighted by Gasteiger charge is -2.58. The average molecular weight is 306 g/mol. The van der Waals surface area contributed by atoms with E-state index in [0.29, 0.717) is 11.8 Å². The van der Waals surface area contributed by atoms with Gasteiger partial charge in [-0.3, -0.25) is 0 Å². The molecule has 0 aromatic carbocycles. The number of carbonyl (C=O) groups is 1. The fraction of sp³-hybridized carbons (Fsp3) is 0.842. The smallest absolute Gasteiger partial charge is 0.333 e. The zero-order valence-electron chi connectivity index (χ0n) is 14.6. The first-order valence-corrected chi connectivity index (χ1v) is 9.03. The van der Waals surface area contributed by atoms with Crippen LogP contribution in [0.2, 0.25) is 0 Å². The summed E-state index contributed by atoms with van der Waals surface area (Å²) in [5.41, 5.74) is 0.0421. The van der Waals surface area contributed by atoms with Crippen LogP contribution in [-0.2, 0) is 14.3 Å². The number of ether oxygens (including phenoxy) is 2. The van der Waals surface area contributed by atoms with E-state index in [0.717, 1.165) is 36.9 Å². The fourth-order valence-corrected chi connectivity index (χ4v) is 6.39. The third kappa shape index (κ3) is 1.66. The molecule has 0 amide bonds.